The van der Waals surface area contributed by atoms with Gasteiger partial charge in [0, 0.05) is 5.39 Å². The Morgan fingerprint density at radius 1 is 1.10 bits per heavy atom. The molecule has 108 valence electrons. The summed E-state index contributed by atoms with van der Waals surface area (Å²) in [5, 5.41) is 4.25. The van der Waals surface area contributed by atoms with E-state index in [1.165, 1.54) is 0 Å². The molecule has 0 radical (unpaired) electrons. The Morgan fingerprint density at radius 3 is 2.67 bits per heavy atom. The highest BCUT2D eigenvalue weighted by atomic mass is 16.5. The van der Waals surface area contributed by atoms with E-state index in [1.54, 1.807) is 0 Å². The Labute approximate surface area is 124 Å². The molecule has 1 N–H and O–H groups in total. The number of ether oxygens (including phenoxy) is 1. The third-order valence-electron chi connectivity index (χ3n) is 3.61. The van der Waals surface area contributed by atoms with E-state index in [9.17, 15) is 0 Å². The largest absolute Gasteiger partial charge is 0.489 e. The molecular formula is C18H19NO2. The molecule has 1 unspecified atom stereocenters. The lowest BCUT2D eigenvalue weighted by atomic mass is 10.2. The number of furan rings is 1. The number of benzene rings is 2. The first-order chi connectivity index (χ1) is 10.3. The molecule has 0 saturated carbocycles. The summed E-state index contributed by atoms with van der Waals surface area (Å²) in [6.45, 7) is 2.65. The Hall–Kier alpha value is -2.26. The van der Waals surface area contributed by atoms with Gasteiger partial charge in [0.2, 0.25) is 0 Å². The first-order valence-corrected chi connectivity index (χ1v) is 7.14. The highest BCUT2D eigenvalue weighted by Gasteiger charge is 2.10. The minimum atomic E-state index is 0.200. The number of fused-ring (bicyclic) bond motifs is 1. The van der Waals surface area contributed by atoms with Gasteiger partial charge < -0.3 is 14.5 Å². The first kappa shape index (κ1) is 13.7. The molecule has 3 rings (SSSR count). The monoisotopic (exact) mass is 281 g/mol. The van der Waals surface area contributed by atoms with Gasteiger partial charge in [0.1, 0.15) is 23.7 Å². The molecule has 3 nitrogen and oxygen atoms in total. The smallest absolute Gasteiger partial charge is 0.134 e. The fourth-order valence-corrected chi connectivity index (χ4v) is 2.23. The Bertz CT molecular complexity index is 718. The van der Waals surface area contributed by atoms with Gasteiger partial charge in [0.15, 0.2) is 0 Å². The summed E-state index contributed by atoms with van der Waals surface area (Å²) in [4.78, 5) is 0. The van der Waals surface area contributed by atoms with E-state index in [0.29, 0.717) is 6.61 Å². The predicted molar refractivity (Wildman–Crippen MR) is 84.5 cm³/mol. The fraction of sp³-hybridized carbons (Fsp3) is 0.222. The Morgan fingerprint density at radius 2 is 1.90 bits per heavy atom. The number of nitrogens with one attached hydrogen (secondary N) is 1. The van der Waals surface area contributed by atoms with E-state index in [1.807, 2.05) is 43.4 Å². The van der Waals surface area contributed by atoms with Crippen molar-refractivity contribution in [2.45, 2.75) is 19.6 Å². The molecule has 1 atom stereocenters. The predicted octanol–water partition coefficient (Wildman–Crippen LogP) is 4.29. The molecule has 2 aromatic carbocycles. The molecule has 0 aliphatic rings. The van der Waals surface area contributed by atoms with Crippen molar-refractivity contribution in [1.29, 1.82) is 0 Å². The second-order valence-electron chi connectivity index (χ2n) is 5.13. The molecule has 0 aliphatic heterocycles. The van der Waals surface area contributed by atoms with Gasteiger partial charge in [-0.05, 0) is 43.8 Å². The van der Waals surface area contributed by atoms with Gasteiger partial charge in [-0.1, -0.05) is 30.3 Å². The molecule has 0 aliphatic carbocycles. The van der Waals surface area contributed by atoms with Crippen LogP contribution in [0.5, 0.6) is 5.75 Å². The van der Waals surface area contributed by atoms with Crippen LogP contribution in [0.15, 0.2) is 59.0 Å². The molecule has 3 heteroatoms. The van der Waals surface area contributed by atoms with E-state index in [2.05, 4.69) is 30.4 Å². The van der Waals surface area contributed by atoms with Gasteiger partial charge in [-0.3, -0.25) is 0 Å². The number of hydrogen-bond donors (Lipinski definition) is 1. The number of hydrogen-bond acceptors (Lipinski definition) is 3. The summed E-state index contributed by atoms with van der Waals surface area (Å²) in [7, 11) is 1.92. The quantitative estimate of drug-likeness (QED) is 0.757. The third kappa shape index (κ3) is 3.09. The molecule has 0 saturated heterocycles. The second-order valence-corrected chi connectivity index (χ2v) is 5.13. The molecule has 0 bridgehead atoms. The average Bonchev–Trinajstić information content (AvgIpc) is 2.96. The molecule has 21 heavy (non-hydrogen) atoms. The minimum Gasteiger partial charge on any atom is -0.489 e. The summed E-state index contributed by atoms with van der Waals surface area (Å²) in [6, 6.07) is 18.3. The van der Waals surface area contributed by atoms with Crippen LogP contribution >= 0.6 is 0 Å². The molecule has 0 fully saturated rings. The van der Waals surface area contributed by atoms with Crippen molar-refractivity contribution in [3.63, 3.8) is 0 Å². The van der Waals surface area contributed by atoms with Crippen LogP contribution in [-0.2, 0) is 6.61 Å². The molecule has 3 aromatic rings. The van der Waals surface area contributed by atoms with E-state index in [0.717, 1.165) is 28.0 Å². The minimum absolute atomic E-state index is 0.200. The third-order valence-corrected chi connectivity index (χ3v) is 3.61. The van der Waals surface area contributed by atoms with Gasteiger partial charge in [-0.25, -0.2) is 0 Å². The molecule has 1 aromatic heterocycles. The molecular weight excluding hydrogens is 262 g/mol. The highest BCUT2D eigenvalue weighted by Crippen LogP contribution is 2.27. The van der Waals surface area contributed by atoms with Crippen LogP contribution in [0.25, 0.3) is 11.0 Å². The van der Waals surface area contributed by atoms with E-state index >= 15 is 0 Å². The SMILES string of the molecule is CNC(C)c1cc2cc(OCc3ccccc3)ccc2o1. The van der Waals surface area contributed by atoms with Crippen molar-refractivity contribution in [3.8, 4) is 5.75 Å². The van der Waals surface area contributed by atoms with E-state index < -0.39 is 0 Å². The van der Waals surface area contributed by atoms with Crippen molar-refractivity contribution in [2.24, 2.45) is 0 Å². The van der Waals surface area contributed by atoms with Gasteiger partial charge in [0.25, 0.3) is 0 Å². The summed E-state index contributed by atoms with van der Waals surface area (Å²) in [6.07, 6.45) is 0. The maximum absolute atomic E-state index is 5.84. The van der Waals surface area contributed by atoms with E-state index in [-0.39, 0.29) is 6.04 Å². The lowest BCUT2D eigenvalue weighted by Crippen LogP contribution is -2.10. The zero-order valence-electron chi connectivity index (χ0n) is 12.3. The van der Waals surface area contributed by atoms with Crippen molar-refractivity contribution in [2.75, 3.05) is 7.05 Å². The van der Waals surface area contributed by atoms with Crippen LogP contribution in [-0.4, -0.2) is 7.05 Å². The second kappa shape index (κ2) is 6.02. The van der Waals surface area contributed by atoms with Gasteiger partial charge >= 0.3 is 0 Å². The fourth-order valence-electron chi connectivity index (χ4n) is 2.23. The molecule has 0 amide bonds. The van der Waals surface area contributed by atoms with Gasteiger partial charge in [0.05, 0.1) is 6.04 Å². The van der Waals surface area contributed by atoms with Gasteiger partial charge in [-0.2, -0.15) is 0 Å². The Balaban J connectivity index is 1.77. The van der Waals surface area contributed by atoms with Crippen molar-refractivity contribution < 1.29 is 9.15 Å². The van der Waals surface area contributed by atoms with Crippen LogP contribution in [0, 0.1) is 0 Å². The average molecular weight is 281 g/mol. The van der Waals surface area contributed by atoms with Crippen LogP contribution < -0.4 is 10.1 Å². The molecule has 1 heterocycles. The molecule has 0 spiro atoms. The maximum Gasteiger partial charge on any atom is 0.134 e. The first-order valence-electron chi connectivity index (χ1n) is 7.14. The van der Waals surface area contributed by atoms with Crippen molar-refractivity contribution >= 4 is 11.0 Å². The van der Waals surface area contributed by atoms with E-state index in [4.69, 9.17) is 9.15 Å². The lowest BCUT2D eigenvalue weighted by molar-refractivity contribution is 0.306. The van der Waals surface area contributed by atoms with Crippen LogP contribution in [0.3, 0.4) is 0 Å². The normalized spacial score (nSPS) is 12.5. The van der Waals surface area contributed by atoms with Crippen molar-refractivity contribution in [1.82, 2.24) is 5.32 Å². The highest BCUT2D eigenvalue weighted by molar-refractivity contribution is 5.79. The summed E-state index contributed by atoms with van der Waals surface area (Å²) in [5.74, 6) is 1.79. The summed E-state index contributed by atoms with van der Waals surface area (Å²) < 4.78 is 11.7. The van der Waals surface area contributed by atoms with Crippen LogP contribution in [0.1, 0.15) is 24.3 Å². The summed E-state index contributed by atoms with van der Waals surface area (Å²) in [5.41, 5.74) is 2.05. The summed E-state index contributed by atoms with van der Waals surface area (Å²) >= 11 is 0. The maximum atomic E-state index is 5.84. The van der Waals surface area contributed by atoms with Gasteiger partial charge in [-0.15, -0.1) is 0 Å². The Kier molecular flexibility index (Phi) is 3.93. The van der Waals surface area contributed by atoms with Crippen LogP contribution in [0.4, 0.5) is 0 Å². The van der Waals surface area contributed by atoms with Crippen LogP contribution in [0.2, 0.25) is 0 Å². The zero-order valence-corrected chi connectivity index (χ0v) is 12.3. The van der Waals surface area contributed by atoms with Crippen molar-refractivity contribution in [3.05, 3.63) is 65.9 Å². The topological polar surface area (TPSA) is 34.4 Å². The lowest BCUT2D eigenvalue weighted by Gasteiger charge is -2.05. The zero-order chi connectivity index (χ0) is 14.7. The number of rotatable bonds is 5. The standard InChI is InChI=1S/C18H19NO2/c1-13(19-2)18-11-15-10-16(8-9-17(15)21-18)20-12-14-6-4-3-5-7-14/h3-11,13,19H,12H2,1-2H3.